The van der Waals surface area contributed by atoms with E-state index in [-0.39, 0.29) is 24.4 Å². The number of carbonyl (C=O) groups excluding carboxylic acids is 2. The summed E-state index contributed by atoms with van der Waals surface area (Å²) >= 11 is 1.64. The van der Waals surface area contributed by atoms with Gasteiger partial charge in [0.05, 0.1) is 18.3 Å². The molecule has 0 spiro atoms. The van der Waals surface area contributed by atoms with Gasteiger partial charge in [-0.15, -0.1) is 11.3 Å². The van der Waals surface area contributed by atoms with Crippen molar-refractivity contribution in [1.29, 1.82) is 0 Å². The molecule has 2 N–H and O–H groups in total. The van der Waals surface area contributed by atoms with E-state index >= 15 is 0 Å². The van der Waals surface area contributed by atoms with Gasteiger partial charge in [0.2, 0.25) is 0 Å². The van der Waals surface area contributed by atoms with Crippen LogP contribution in [-0.2, 0) is 16.1 Å². The number of thiophene rings is 1. The lowest BCUT2D eigenvalue weighted by Gasteiger charge is -2.42. The van der Waals surface area contributed by atoms with E-state index in [4.69, 9.17) is 0 Å². The molecule has 0 bridgehead atoms. The van der Waals surface area contributed by atoms with E-state index in [0.717, 1.165) is 36.7 Å². The van der Waals surface area contributed by atoms with Gasteiger partial charge < -0.3 is 15.5 Å². The van der Waals surface area contributed by atoms with E-state index in [1.54, 1.807) is 41.8 Å². The molecule has 0 saturated carbocycles. The van der Waals surface area contributed by atoms with Gasteiger partial charge in [-0.1, -0.05) is 12.1 Å². The zero-order valence-electron chi connectivity index (χ0n) is 19.0. The smallest absolute Gasteiger partial charge is 0.309 e. The summed E-state index contributed by atoms with van der Waals surface area (Å²) in [6.45, 7) is 5.28. The van der Waals surface area contributed by atoms with Crippen LogP contribution in [-0.4, -0.2) is 53.9 Å². The number of nitrogens with zero attached hydrogens (tertiary/aromatic N) is 3. The van der Waals surface area contributed by atoms with E-state index in [1.807, 2.05) is 24.4 Å². The van der Waals surface area contributed by atoms with E-state index in [9.17, 15) is 14.0 Å². The molecule has 2 aromatic heterocycles. The first-order valence-corrected chi connectivity index (χ1v) is 12.2. The van der Waals surface area contributed by atoms with Crippen molar-refractivity contribution in [2.75, 3.05) is 31.1 Å². The molecule has 1 saturated heterocycles. The van der Waals surface area contributed by atoms with Gasteiger partial charge in [0.1, 0.15) is 5.82 Å². The van der Waals surface area contributed by atoms with Crippen molar-refractivity contribution in [3.63, 3.8) is 0 Å². The first-order valence-electron chi connectivity index (χ1n) is 11.3. The Hall–Kier alpha value is -3.30. The molecule has 2 amide bonds. The topological polar surface area (TPSA) is 77.6 Å². The quantitative estimate of drug-likeness (QED) is 0.508. The highest BCUT2D eigenvalue weighted by Crippen LogP contribution is 2.30. The molecule has 1 aromatic carbocycles. The highest BCUT2D eigenvalue weighted by Gasteiger charge is 2.32. The summed E-state index contributed by atoms with van der Waals surface area (Å²) in [7, 11) is 0. The van der Waals surface area contributed by atoms with E-state index in [1.165, 1.54) is 12.1 Å². The molecule has 2 atom stereocenters. The number of hydrogen-bond donors (Lipinski definition) is 2. The van der Waals surface area contributed by atoms with Crippen LogP contribution >= 0.6 is 11.3 Å². The third kappa shape index (κ3) is 5.98. The Balaban J connectivity index is 1.37. The van der Waals surface area contributed by atoms with Crippen LogP contribution in [0.15, 0.2) is 66.2 Å². The Morgan fingerprint density at radius 2 is 1.79 bits per heavy atom. The Kier molecular flexibility index (Phi) is 7.87. The molecule has 7 nitrogen and oxygen atoms in total. The number of anilines is 1. The largest absolute Gasteiger partial charge is 0.369 e. The lowest BCUT2D eigenvalue weighted by molar-refractivity contribution is -0.140. The Labute approximate surface area is 202 Å². The fourth-order valence-corrected chi connectivity index (χ4v) is 5.18. The molecule has 1 aliphatic rings. The maximum absolute atomic E-state index is 13.3. The molecule has 178 valence electrons. The maximum Gasteiger partial charge on any atom is 0.309 e. The molecule has 0 unspecified atom stereocenters. The number of nitrogens with one attached hydrogen (secondary N) is 2. The Bertz CT molecular complexity index is 1070. The second-order valence-corrected chi connectivity index (χ2v) is 9.20. The fraction of sp³-hybridized carbons (Fsp3) is 0.320. The van der Waals surface area contributed by atoms with Crippen molar-refractivity contribution in [3.05, 3.63) is 82.6 Å². The normalized spacial score (nSPS) is 16.0. The number of pyridine rings is 1. The minimum Gasteiger partial charge on any atom is -0.369 e. The average Bonchev–Trinajstić information content (AvgIpc) is 3.38. The second-order valence-electron chi connectivity index (χ2n) is 8.23. The van der Waals surface area contributed by atoms with Crippen LogP contribution in [0, 0.1) is 5.82 Å². The summed E-state index contributed by atoms with van der Waals surface area (Å²) < 4.78 is 13.3. The predicted molar refractivity (Wildman–Crippen MR) is 131 cm³/mol. The number of rotatable bonds is 7. The highest BCUT2D eigenvalue weighted by atomic mass is 32.1. The van der Waals surface area contributed by atoms with Crippen LogP contribution in [0.4, 0.5) is 10.1 Å². The van der Waals surface area contributed by atoms with Gasteiger partial charge in [-0.2, -0.15) is 0 Å². The zero-order valence-corrected chi connectivity index (χ0v) is 19.8. The molecular weight excluding hydrogens is 453 g/mol. The van der Waals surface area contributed by atoms with Crippen LogP contribution in [0.25, 0.3) is 0 Å². The molecule has 4 rings (SSSR count). The van der Waals surface area contributed by atoms with Gasteiger partial charge >= 0.3 is 11.8 Å². The number of carbonyl (C=O) groups is 2. The van der Waals surface area contributed by atoms with Gasteiger partial charge in [0, 0.05) is 49.0 Å². The fourth-order valence-electron chi connectivity index (χ4n) is 4.22. The minimum atomic E-state index is -0.677. The first-order chi connectivity index (χ1) is 16.5. The SMILES string of the molecule is C[C@H](NC(=O)C(=O)NCc1ccccn1)[C@@H](c1cccs1)N1CCN(c2ccc(F)cc2)CC1. The summed E-state index contributed by atoms with van der Waals surface area (Å²) in [6, 6.07) is 15.7. The van der Waals surface area contributed by atoms with Crippen molar-refractivity contribution in [3.8, 4) is 0 Å². The van der Waals surface area contributed by atoms with E-state index < -0.39 is 11.8 Å². The van der Waals surface area contributed by atoms with Gasteiger partial charge in [0.15, 0.2) is 0 Å². The van der Waals surface area contributed by atoms with Gasteiger partial charge in [-0.3, -0.25) is 19.5 Å². The van der Waals surface area contributed by atoms with Crippen LogP contribution in [0.3, 0.4) is 0 Å². The lowest BCUT2D eigenvalue weighted by Crippen LogP contribution is -2.53. The molecule has 3 heterocycles. The third-order valence-electron chi connectivity index (χ3n) is 5.93. The number of aromatic nitrogens is 1. The van der Waals surface area contributed by atoms with Crippen LogP contribution in [0.2, 0.25) is 0 Å². The van der Waals surface area contributed by atoms with Crippen LogP contribution in [0.1, 0.15) is 23.5 Å². The number of benzene rings is 1. The minimum absolute atomic E-state index is 0.0529. The molecule has 0 aliphatic carbocycles. The van der Waals surface area contributed by atoms with Gasteiger partial charge in [-0.25, -0.2) is 4.39 Å². The zero-order chi connectivity index (χ0) is 23.9. The summed E-state index contributed by atoms with van der Waals surface area (Å²) in [5.74, 6) is -1.58. The highest BCUT2D eigenvalue weighted by molar-refractivity contribution is 7.10. The number of halogens is 1. The third-order valence-corrected chi connectivity index (χ3v) is 6.87. The standard InChI is InChI=1S/C25H28FN5O2S/c1-18(29-25(33)24(32)28-17-20-5-2-3-11-27-20)23(22-6-4-16-34-22)31-14-12-30(13-15-31)21-9-7-19(26)8-10-21/h2-11,16,18,23H,12-15,17H2,1H3,(H,28,32)(H,29,33)/t18-,23-/m0/s1. The van der Waals surface area contributed by atoms with Crippen molar-refractivity contribution in [2.24, 2.45) is 0 Å². The first kappa shape index (κ1) is 23.8. The molecule has 0 radical (unpaired) electrons. The summed E-state index contributed by atoms with van der Waals surface area (Å²) in [4.78, 5) is 34.8. The average molecular weight is 482 g/mol. The summed E-state index contributed by atoms with van der Waals surface area (Å²) in [6.07, 6.45) is 1.64. The molecule has 34 heavy (non-hydrogen) atoms. The lowest BCUT2D eigenvalue weighted by atomic mass is 10.0. The van der Waals surface area contributed by atoms with Crippen LogP contribution < -0.4 is 15.5 Å². The number of hydrogen-bond acceptors (Lipinski definition) is 6. The molecule has 1 aliphatic heterocycles. The van der Waals surface area contributed by atoms with Gasteiger partial charge in [0.25, 0.3) is 0 Å². The molecule has 3 aromatic rings. The maximum atomic E-state index is 13.3. The Morgan fingerprint density at radius 1 is 1.03 bits per heavy atom. The molecule has 9 heteroatoms. The van der Waals surface area contributed by atoms with E-state index in [0.29, 0.717) is 5.69 Å². The van der Waals surface area contributed by atoms with Crippen molar-refractivity contribution >= 4 is 28.8 Å². The molecular formula is C25H28FN5O2S. The number of piperazine rings is 1. The van der Waals surface area contributed by atoms with Crippen molar-refractivity contribution in [2.45, 2.75) is 25.6 Å². The summed E-state index contributed by atoms with van der Waals surface area (Å²) in [5, 5.41) is 7.54. The predicted octanol–water partition coefficient (Wildman–Crippen LogP) is 2.97. The van der Waals surface area contributed by atoms with Crippen molar-refractivity contribution < 1.29 is 14.0 Å². The summed E-state index contributed by atoms with van der Waals surface area (Å²) in [5.41, 5.74) is 1.69. The van der Waals surface area contributed by atoms with Crippen molar-refractivity contribution in [1.82, 2.24) is 20.5 Å². The monoisotopic (exact) mass is 481 g/mol. The Morgan fingerprint density at radius 3 is 2.44 bits per heavy atom. The number of amides is 2. The van der Waals surface area contributed by atoms with Crippen LogP contribution in [0.5, 0.6) is 0 Å². The van der Waals surface area contributed by atoms with E-state index in [2.05, 4.69) is 31.5 Å². The second kappa shape index (κ2) is 11.2. The molecule has 1 fully saturated rings. The van der Waals surface area contributed by atoms with Gasteiger partial charge in [-0.05, 0) is 54.8 Å².